The number of aliphatic hydroxyl groups excluding tert-OH is 1. The maximum absolute atomic E-state index is 9.41. The van der Waals surface area contributed by atoms with Crippen molar-refractivity contribution in [1.82, 2.24) is 10.2 Å². The first-order valence-corrected chi connectivity index (χ1v) is 7.79. The van der Waals surface area contributed by atoms with E-state index in [2.05, 4.69) is 17.3 Å². The van der Waals surface area contributed by atoms with Crippen molar-refractivity contribution >= 4 is 0 Å². The van der Waals surface area contributed by atoms with Crippen molar-refractivity contribution in [2.75, 3.05) is 39.8 Å². The Balaban J connectivity index is 1.62. The van der Waals surface area contributed by atoms with E-state index in [0.29, 0.717) is 12.5 Å². The van der Waals surface area contributed by atoms with Gasteiger partial charge in [0, 0.05) is 6.61 Å². The number of aliphatic hydroxyl groups is 1. The molecule has 1 saturated heterocycles. The van der Waals surface area contributed by atoms with Gasteiger partial charge in [0.15, 0.2) is 0 Å². The van der Waals surface area contributed by atoms with Gasteiger partial charge in [-0.15, -0.1) is 0 Å². The van der Waals surface area contributed by atoms with Gasteiger partial charge in [0.05, 0.1) is 0 Å². The lowest BCUT2D eigenvalue weighted by molar-refractivity contribution is 0.130. The molecule has 3 heteroatoms. The molecule has 2 atom stereocenters. The largest absolute Gasteiger partial charge is 0.396 e. The van der Waals surface area contributed by atoms with Gasteiger partial charge in [0.2, 0.25) is 0 Å². The van der Waals surface area contributed by atoms with E-state index in [1.54, 1.807) is 0 Å². The van der Waals surface area contributed by atoms with Crippen LogP contribution in [0, 0.1) is 17.8 Å². The number of likely N-dealkylation sites (tertiary alicyclic amines) is 1. The molecule has 2 aliphatic rings. The lowest BCUT2D eigenvalue weighted by Crippen LogP contribution is -2.38. The molecule has 106 valence electrons. The molecular formula is C15H30N2O. The van der Waals surface area contributed by atoms with Gasteiger partial charge in [-0.05, 0) is 76.7 Å². The van der Waals surface area contributed by atoms with Gasteiger partial charge in [-0.2, -0.15) is 0 Å². The summed E-state index contributed by atoms with van der Waals surface area (Å²) in [7, 11) is 2.22. The summed E-state index contributed by atoms with van der Waals surface area (Å²) in [5.74, 6) is 2.15. The van der Waals surface area contributed by atoms with E-state index >= 15 is 0 Å². The van der Waals surface area contributed by atoms with E-state index in [-0.39, 0.29) is 0 Å². The molecule has 3 nitrogen and oxygen atoms in total. The summed E-state index contributed by atoms with van der Waals surface area (Å²) in [5.41, 5.74) is 0. The molecular weight excluding hydrogens is 224 g/mol. The van der Waals surface area contributed by atoms with Crippen LogP contribution in [0.1, 0.15) is 38.5 Å². The Labute approximate surface area is 112 Å². The molecule has 18 heavy (non-hydrogen) atoms. The fraction of sp³-hybridized carbons (Fsp3) is 1.00. The van der Waals surface area contributed by atoms with Crippen molar-refractivity contribution in [3.63, 3.8) is 0 Å². The fourth-order valence-electron chi connectivity index (χ4n) is 3.53. The average molecular weight is 254 g/mol. The van der Waals surface area contributed by atoms with Crippen molar-refractivity contribution < 1.29 is 5.11 Å². The molecule has 0 spiro atoms. The number of nitrogens with one attached hydrogen (secondary N) is 1. The van der Waals surface area contributed by atoms with Crippen LogP contribution >= 0.6 is 0 Å². The molecule has 1 saturated carbocycles. The highest BCUT2D eigenvalue weighted by molar-refractivity contribution is 4.78. The van der Waals surface area contributed by atoms with Gasteiger partial charge in [-0.1, -0.05) is 12.8 Å². The lowest BCUT2D eigenvalue weighted by Gasteiger charge is -2.32. The predicted molar refractivity (Wildman–Crippen MR) is 75.6 cm³/mol. The Hall–Kier alpha value is -0.120. The van der Waals surface area contributed by atoms with Gasteiger partial charge >= 0.3 is 0 Å². The topological polar surface area (TPSA) is 35.5 Å². The Morgan fingerprint density at radius 2 is 1.67 bits per heavy atom. The van der Waals surface area contributed by atoms with Gasteiger partial charge in [0.25, 0.3) is 0 Å². The second-order valence-corrected chi connectivity index (χ2v) is 6.39. The van der Waals surface area contributed by atoms with Crippen molar-refractivity contribution in [2.24, 2.45) is 17.8 Å². The molecule has 2 fully saturated rings. The van der Waals surface area contributed by atoms with E-state index in [4.69, 9.17) is 0 Å². The zero-order valence-corrected chi connectivity index (χ0v) is 11.9. The molecule has 0 amide bonds. The standard InChI is InChI=1S/C15H30N2O/c1-17-8-6-13(7-9-17)10-16-11-14-4-2-3-5-15(14)12-18/h13-16,18H,2-12H2,1H3. The van der Waals surface area contributed by atoms with E-state index < -0.39 is 0 Å². The molecule has 2 unspecified atom stereocenters. The Kier molecular flexibility index (Phi) is 5.93. The molecule has 0 bridgehead atoms. The lowest BCUT2D eigenvalue weighted by atomic mass is 9.79. The highest BCUT2D eigenvalue weighted by Crippen LogP contribution is 2.29. The third-order valence-electron chi connectivity index (χ3n) is 4.98. The normalized spacial score (nSPS) is 31.7. The van der Waals surface area contributed by atoms with E-state index in [1.807, 2.05) is 0 Å². The minimum atomic E-state index is 0.389. The van der Waals surface area contributed by atoms with E-state index in [0.717, 1.165) is 18.4 Å². The summed E-state index contributed by atoms with van der Waals surface area (Å²) in [4.78, 5) is 2.43. The molecule has 0 radical (unpaired) electrons. The van der Waals surface area contributed by atoms with Crippen LogP contribution in [-0.2, 0) is 0 Å². The minimum Gasteiger partial charge on any atom is -0.396 e. The van der Waals surface area contributed by atoms with Gasteiger partial charge in [0.1, 0.15) is 0 Å². The van der Waals surface area contributed by atoms with Crippen molar-refractivity contribution in [3.05, 3.63) is 0 Å². The van der Waals surface area contributed by atoms with Crippen LogP contribution < -0.4 is 5.32 Å². The van der Waals surface area contributed by atoms with Crippen LogP contribution in [0.3, 0.4) is 0 Å². The smallest absolute Gasteiger partial charge is 0.0462 e. The van der Waals surface area contributed by atoms with Crippen molar-refractivity contribution in [3.8, 4) is 0 Å². The van der Waals surface area contributed by atoms with Gasteiger partial charge in [-0.3, -0.25) is 0 Å². The zero-order chi connectivity index (χ0) is 12.8. The first kappa shape index (κ1) is 14.3. The third-order valence-corrected chi connectivity index (χ3v) is 4.98. The molecule has 1 aliphatic heterocycles. The quantitative estimate of drug-likeness (QED) is 0.784. The first-order valence-electron chi connectivity index (χ1n) is 7.79. The fourth-order valence-corrected chi connectivity index (χ4v) is 3.53. The third kappa shape index (κ3) is 4.22. The molecule has 0 aromatic heterocycles. The maximum Gasteiger partial charge on any atom is 0.0462 e. The van der Waals surface area contributed by atoms with Gasteiger partial charge in [-0.25, -0.2) is 0 Å². The highest BCUT2D eigenvalue weighted by Gasteiger charge is 2.24. The summed E-state index contributed by atoms with van der Waals surface area (Å²) >= 11 is 0. The van der Waals surface area contributed by atoms with Crippen LogP contribution in [-0.4, -0.2) is 49.8 Å². The summed E-state index contributed by atoms with van der Waals surface area (Å²) in [6, 6.07) is 0. The number of rotatable bonds is 5. The Morgan fingerprint density at radius 1 is 1.00 bits per heavy atom. The van der Waals surface area contributed by atoms with Crippen LogP contribution in [0.15, 0.2) is 0 Å². The monoisotopic (exact) mass is 254 g/mol. The van der Waals surface area contributed by atoms with Crippen LogP contribution in [0.5, 0.6) is 0 Å². The Bertz CT molecular complexity index is 227. The summed E-state index contributed by atoms with van der Waals surface area (Å²) in [6.45, 7) is 5.21. The van der Waals surface area contributed by atoms with E-state index in [1.165, 1.54) is 58.2 Å². The van der Waals surface area contributed by atoms with Crippen molar-refractivity contribution in [1.29, 1.82) is 0 Å². The highest BCUT2D eigenvalue weighted by atomic mass is 16.3. The zero-order valence-electron chi connectivity index (χ0n) is 11.9. The van der Waals surface area contributed by atoms with Crippen LogP contribution in [0.4, 0.5) is 0 Å². The first-order chi connectivity index (χ1) is 8.79. The predicted octanol–water partition coefficient (Wildman–Crippen LogP) is 1.72. The summed E-state index contributed by atoms with van der Waals surface area (Å²) < 4.78 is 0. The van der Waals surface area contributed by atoms with Crippen LogP contribution in [0.2, 0.25) is 0 Å². The number of piperidine rings is 1. The summed E-state index contributed by atoms with van der Waals surface area (Å²) in [5, 5.41) is 13.1. The minimum absolute atomic E-state index is 0.389. The molecule has 0 aromatic rings. The maximum atomic E-state index is 9.41. The molecule has 1 aliphatic carbocycles. The molecule has 2 N–H and O–H groups in total. The molecule has 1 heterocycles. The van der Waals surface area contributed by atoms with E-state index in [9.17, 15) is 5.11 Å². The number of hydrogen-bond acceptors (Lipinski definition) is 3. The van der Waals surface area contributed by atoms with Crippen LogP contribution in [0.25, 0.3) is 0 Å². The summed E-state index contributed by atoms with van der Waals surface area (Å²) in [6.07, 6.45) is 7.91. The Morgan fingerprint density at radius 3 is 2.33 bits per heavy atom. The SMILES string of the molecule is CN1CCC(CNCC2CCCCC2CO)CC1. The molecule has 0 aromatic carbocycles. The molecule has 2 rings (SSSR count). The second-order valence-electron chi connectivity index (χ2n) is 6.39. The average Bonchev–Trinajstić information content (AvgIpc) is 2.41. The van der Waals surface area contributed by atoms with Gasteiger partial charge < -0.3 is 15.3 Å². The number of nitrogens with zero attached hydrogens (tertiary/aromatic N) is 1. The van der Waals surface area contributed by atoms with Crippen molar-refractivity contribution in [2.45, 2.75) is 38.5 Å². The second kappa shape index (κ2) is 7.46. The number of hydrogen-bond donors (Lipinski definition) is 2.